The van der Waals surface area contributed by atoms with Crippen LogP contribution in [0.5, 0.6) is 5.75 Å². The number of hydrogen-bond donors (Lipinski definition) is 0. The summed E-state index contributed by atoms with van der Waals surface area (Å²) in [5.74, 6) is -1.52. The summed E-state index contributed by atoms with van der Waals surface area (Å²) in [7, 11) is 1.04. The van der Waals surface area contributed by atoms with Gasteiger partial charge in [0.05, 0.1) is 6.61 Å². The Labute approximate surface area is 115 Å². The van der Waals surface area contributed by atoms with E-state index in [1.165, 1.54) is 6.92 Å². The average Bonchev–Trinajstić information content (AvgIpc) is 2.20. The van der Waals surface area contributed by atoms with Crippen molar-refractivity contribution < 1.29 is 27.1 Å². The van der Waals surface area contributed by atoms with Crippen LogP contribution < -0.4 is 4.74 Å². The van der Waals surface area contributed by atoms with Crippen molar-refractivity contribution in [3.05, 3.63) is 22.4 Å². The van der Waals surface area contributed by atoms with Gasteiger partial charge in [-0.25, -0.2) is 17.6 Å². The summed E-state index contributed by atoms with van der Waals surface area (Å²) in [6.07, 6.45) is -1.14. The van der Waals surface area contributed by atoms with Crippen molar-refractivity contribution in [3.8, 4) is 5.75 Å². The summed E-state index contributed by atoms with van der Waals surface area (Å²) in [4.78, 5) is 10.6. The molecule has 1 rings (SSSR count). The lowest BCUT2D eigenvalue weighted by atomic mass is 10.3. The van der Waals surface area contributed by atoms with Gasteiger partial charge in [-0.15, -0.1) is 0 Å². The van der Waals surface area contributed by atoms with E-state index in [-0.39, 0.29) is 11.1 Å². The van der Waals surface area contributed by atoms with E-state index in [9.17, 15) is 17.6 Å². The highest BCUT2D eigenvalue weighted by Crippen LogP contribution is 2.31. The fourth-order valence-corrected chi connectivity index (χ4v) is 3.17. The number of halogens is 3. The van der Waals surface area contributed by atoms with E-state index in [0.29, 0.717) is 0 Å². The number of carbonyl (C=O) groups excluding carboxylic acids is 1. The van der Waals surface area contributed by atoms with Gasteiger partial charge in [0.15, 0.2) is 11.6 Å². The highest BCUT2D eigenvalue weighted by Gasteiger charge is 2.20. The number of hydrogen-bond acceptors (Lipinski definition) is 5. The zero-order valence-electron chi connectivity index (χ0n) is 8.95. The normalized spacial score (nSPS) is 11.1. The Hall–Kier alpha value is -0.860. The van der Waals surface area contributed by atoms with E-state index < -0.39 is 31.7 Å². The first-order valence-electron chi connectivity index (χ1n) is 4.54. The maximum atomic E-state index is 13.4. The van der Waals surface area contributed by atoms with Crippen molar-refractivity contribution in [2.45, 2.75) is 11.8 Å². The van der Waals surface area contributed by atoms with Gasteiger partial charge in [-0.05, 0) is 28.9 Å². The number of rotatable bonds is 3. The molecular formula is C9H7BrClFO5S. The minimum absolute atomic E-state index is 0.0393. The molecule has 0 spiro atoms. The molecule has 1 aromatic rings. The standard InChI is InChI=1S/C9H7BrClFO5S/c1-2-16-9(13)17-7-4-8(18(11,14)15)5(10)3-6(7)12/h3-4H,2H2,1H3. The Morgan fingerprint density at radius 2 is 2.11 bits per heavy atom. The van der Waals surface area contributed by atoms with Crippen molar-refractivity contribution in [2.75, 3.05) is 6.61 Å². The Bertz CT molecular complexity index is 575. The summed E-state index contributed by atoms with van der Waals surface area (Å²) in [5.41, 5.74) is 0. The van der Waals surface area contributed by atoms with Crippen LogP contribution in [0.25, 0.3) is 0 Å². The molecule has 0 amide bonds. The van der Waals surface area contributed by atoms with Crippen LogP contribution in [0.1, 0.15) is 6.92 Å². The highest BCUT2D eigenvalue weighted by molar-refractivity contribution is 9.10. The van der Waals surface area contributed by atoms with Gasteiger partial charge in [0.25, 0.3) is 9.05 Å². The molecule has 0 unspecified atom stereocenters. The third-order valence-electron chi connectivity index (χ3n) is 1.70. The van der Waals surface area contributed by atoms with E-state index in [1.54, 1.807) is 0 Å². The van der Waals surface area contributed by atoms with Crippen LogP contribution in [0.4, 0.5) is 9.18 Å². The van der Waals surface area contributed by atoms with Gasteiger partial charge in [0.2, 0.25) is 0 Å². The molecule has 1 aromatic carbocycles. The molecule has 18 heavy (non-hydrogen) atoms. The quantitative estimate of drug-likeness (QED) is 0.470. The predicted octanol–water partition coefficient (Wildman–Crippen LogP) is 3.05. The third kappa shape index (κ3) is 3.82. The van der Waals surface area contributed by atoms with Gasteiger partial charge in [-0.3, -0.25) is 0 Å². The SMILES string of the molecule is CCOC(=O)Oc1cc(S(=O)(=O)Cl)c(Br)cc1F. The molecule has 5 nitrogen and oxygen atoms in total. The Morgan fingerprint density at radius 1 is 1.50 bits per heavy atom. The van der Waals surface area contributed by atoms with Gasteiger partial charge in [0.1, 0.15) is 4.90 Å². The van der Waals surface area contributed by atoms with Crippen LogP contribution in [0, 0.1) is 5.82 Å². The Morgan fingerprint density at radius 3 is 2.61 bits per heavy atom. The minimum atomic E-state index is -4.09. The first-order chi connectivity index (χ1) is 8.25. The van der Waals surface area contributed by atoms with Crippen LogP contribution >= 0.6 is 26.6 Å². The lowest BCUT2D eigenvalue weighted by molar-refractivity contribution is 0.102. The molecular weight excluding hydrogens is 355 g/mol. The summed E-state index contributed by atoms with van der Waals surface area (Å²) in [6.45, 7) is 1.57. The molecule has 0 fully saturated rings. The molecule has 9 heteroatoms. The van der Waals surface area contributed by atoms with Crippen LogP contribution in [-0.2, 0) is 13.8 Å². The zero-order chi connectivity index (χ0) is 13.9. The fourth-order valence-electron chi connectivity index (χ4n) is 1.01. The van der Waals surface area contributed by atoms with Gasteiger partial charge < -0.3 is 9.47 Å². The zero-order valence-corrected chi connectivity index (χ0v) is 12.1. The molecule has 0 aliphatic carbocycles. The molecule has 0 aliphatic rings. The summed E-state index contributed by atoms with van der Waals surface area (Å²) < 4.78 is 44.6. The largest absolute Gasteiger partial charge is 0.513 e. The van der Waals surface area contributed by atoms with Gasteiger partial charge in [-0.1, -0.05) is 0 Å². The third-order valence-corrected chi connectivity index (χ3v) is 3.98. The van der Waals surface area contributed by atoms with E-state index in [2.05, 4.69) is 25.4 Å². The van der Waals surface area contributed by atoms with Crippen LogP contribution in [0.3, 0.4) is 0 Å². The van der Waals surface area contributed by atoms with Crippen molar-refractivity contribution >= 4 is 41.8 Å². The molecule has 0 aliphatic heterocycles. The molecule has 0 bridgehead atoms. The molecule has 0 saturated carbocycles. The van der Waals surface area contributed by atoms with Gasteiger partial charge in [-0.2, -0.15) is 0 Å². The minimum Gasteiger partial charge on any atom is -0.434 e. The van der Waals surface area contributed by atoms with Crippen molar-refractivity contribution in [1.82, 2.24) is 0 Å². The second-order valence-electron chi connectivity index (χ2n) is 2.94. The molecule has 0 radical (unpaired) electrons. The van der Waals surface area contributed by atoms with Gasteiger partial charge in [0, 0.05) is 21.2 Å². The van der Waals surface area contributed by atoms with Crippen LogP contribution in [-0.4, -0.2) is 21.2 Å². The van der Waals surface area contributed by atoms with E-state index in [4.69, 9.17) is 10.7 Å². The maximum absolute atomic E-state index is 13.4. The van der Waals surface area contributed by atoms with Gasteiger partial charge >= 0.3 is 6.16 Å². The van der Waals surface area contributed by atoms with Crippen LogP contribution in [0.15, 0.2) is 21.5 Å². The Balaban J connectivity index is 3.18. The fraction of sp³-hybridized carbons (Fsp3) is 0.222. The smallest absolute Gasteiger partial charge is 0.434 e. The second-order valence-corrected chi connectivity index (χ2v) is 6.32. The lowest BCUT2D eigenvalue weighted by Gasteiger charge is -2.07. The topological polar surface area (TPSA) is 69.7 Å². The van der Waals surface area contributed by atoms with Crippen molar-refractivity contribution in [2.24, 2.45) is 0 Å². The van der Waals surface area contributed by atoms with E-state index >= 15 is 0 Å². The predicted molar refractivity (Wildman–Crippen MR) is 64.8 cm³/mol. The second kappa shape index (κ2) is 5.85. The first kappa shape index (κ1) is 15.2. The first-order valence-corrected chi connectivity index (χ1v) is 7.64. The maximum Gasteiger partial charge on any atom is 0.513 e. The van der Waals surface area contributed by atoms with Crippen molar-refractivity contribution in [3.63, 3.8) is 0 Å². The molecule has 0 heterocycles. The summed E-state index contributed by atoms with van der Waals surface area (Å²) in [5, 5.41) is 0. The van der Waals surface area contributed by atoms with E-state index in [1.807, 2.05) is 0 Å². The van der Waals surface area contributed by atoms with Crippen molar-refractivity contribution in [1.29, 1.82) is 0 Å². The Kier molecular flexibility index (Phi) is 4.94. The lowest BCUT2D eigenvalue weighted by Crippen LogP contribution is -2.11. The highest BCUT2D eigenvalue weighted by atomic mass is 79.9. The number of carbonyl (C=O) groups is 1. The van der Waals surface area contributed by atoms with E-state index in [0.717, 1.165) is 12.1 Å². The number of benzene rings is 1. The molecule has 0 atom stereocenters. The average molecular weight is 362 g/mol. The molecule has 0 saturated heterocycles. The molecule has 0 N–H and O–H groups in total. The van der Waals surface area contributed by atoms with Crippen LogP contribution in [0.2, 0.25) is 0 Å². The number of ether oxygens (including phenoxy) is 2. The monoisotopic (exact) mass is 360 g/mol. The molecule has 100 valence electrons. The summed E-state index contributed by atoms with van der Waals surface area (Å²) >= 11 is 2.84. The molecule has 0 aromatic heterocycles. The summed E-state index contributed by atoms with van der Waals surface area (Å²) in [6, 6.07) is 1.61.